The zero-order valence-electron chi connectivity index (χ0n) is 17.9. The molecule has 1 unspecified atom stereocenters. The van der Waals surface area contributed by atoms with Gasteiger partial charge in [-0.25, -0.2) is 0 Å². The summed E-state index contributed by atoms with van der Waals surface area (Å²) >= 11 is 6.29. The predicted octanol–water partition coefficient (Wildman–Crippen LogP) is 3.86. The van der Waals surface area contributed by atoms with Crippen LogP contribution in [-0.4, -0.2) is 56.2 Å². The summed E-state index contributed by atoms with van der Waals surface area (Å²) in [6.45, 7) is 10.1. The number of anilines is 1. The molecule has 1 saturated carbocycles. The molecule has 162 valence electrons. The number of nitrogens with zero attached hydrogens (tertiary/aromatic N) is 2. The topological polar surface area (TPSA) is 58.8 Å². The average Bonchev–Trinajstić information content (AvgIpc) is 2.73. The number of ether oxygens (including phenoxy) is 1. The maximum atomic E-state index is 11.7. The number of carbonyl (C=O) groups excluding carboxylic acids is 1. The Hall–Kier alpha value is -1.30. The molecule has 29 heavy (non-hydrogen) atoms. The van der Waals surface area contributed by atoms with E-state index < -0.39 is 6.10 Å². The predicted molar refractivity (Wildman–Crippen MR) is 120 cm³/mol. The van der Waals surface area contributed by atoms with Gasteiger partial charge in [0.2, 0.25) is 5.91 Å². The van der Waals surface area contributed by atoms with E-state index in [1.54, 1.807) is 0 Å². The molecule has 2 fully saturated rings. The Labute approximate surface area is 180 Å². The molecule has 1 aromatic carbocycles. The second-order valence-corrected chi connectivity index (χ2v) is 8.97. The molecule has 0 spiro atoms. The van der Waals surface area contributed by atoms with Crippen molar-refractivity contribution in [2.24, 2.45) is 17.6 Å². The Morgan fingerprint density at radius 3 is 2.52 bits per heavy atom. The third-order valence-corrected chi connectivity index (χ3v) is 7.16. The highest BCUT2D eigenvalue weighted by Gasteiger charge is 2.31. The van der Waals surface area contributed by atoms with Crippen molar-refractivity contribution in [3.8, 4) is 0 Å². The lowest BCUT2D eigenvalue weighted by atomic mass is 9.78. The molecule has 1 amide bonds. The smallest absolute Gasteiger partial charge is 0.246 e. The van der Waals surface area contributed by atoms with Gasteiger partial charge >= 0.3 is 0 Å². The lowest BCUT2D eigenvalue weighted by Crippen LogP contribution is -2.47. The summed E-state index contributed by atoms with van der Waals surface area (Å²) < 4.78 is 5.60. The highest BCUT2D eigenvalue weighted by atomic mass is 35.5. The normalized spacial score (nSPS) is 24.4. The first kappa shape index (κ1) is 22.4. The second-order valence-electron chi connectivity index (χ2n) is 8.56. The van der Waals surface area contributed by atoms with Gasteiger partial charge in [0.15, 0.2) is 0 Å². The number of halogens is 1. The van der Waals surface area contributed by atoms with Crippen LogP contribution in [0.1, 0.15) is 44.6 Å². The van der Waals surface area contributed by atoms with Crippen molar-refractivity contribution in [3.05, 3.63) is 28.8 Å². The zero-order chi connectivity index (χ0) is 20.8. The largest absolute Gasteiger partial charge is 0.369 e. The van der Waals surface area contributed by atoms with E-state index >= 15 is 0 Å². The van der Waals surface area contributed by atoms with Crippen LogP contribution in [0.3, 0.4) is 0 Å². The molecule has 0 radical (unpaired) electrons. The summed E-state index contributed by atoms with van der Waals surface area (Å²) in [6.07, 6.45) is 5.33. The molecule has 2 N–H and O–H groups in total. The number of piperazine rings is 1. The van der Waals surface area contributed by atoms with Crippen LogP contribution in [0.4, 0.5) is 5.69 Å². The molecular weight excluding hydrogens is 386 g/mol. The quantitative estimate of drug-likeness (QED) is 0.692. The van der Waals surface area contributed by atoms with Crippen LogP contribution in [0.2, 0.25) is 5.02 Å². The lowest BCUT2D eigenvalue weighted by Gasteiger charge is -2.38. The molecule has 1 aromatic rings. The Morgan fingerprint density at radius 2 is 1.90 bits per heavy atom. The SMILES string of the molecule is CCOC(C(N)=O)C1CCC(CCN2CCN(c3cccc(Cl)c3C)CC2)CC1. The van der Waals surface area contributed by atoms with Crippen LogP contribution in [-0.2, 0) is 9.53 Å². The Morgan fingerprint density at radius 1 is 1.21 bits per heavy atom. The Kier molecular flexibility index (Phi) is 8.22. The fourth-order valence-electron chi connectivity index (χ4n) is 4.93. The van der Waals surface area contributed by atoms with Crippen molar-refractivity contribution in [1.82, 2.24) is 4.90 Å². The number of amides is 1. The van der Waals surface area contributed by atoms with Crippen LogP contribution in [0.15, 0.2) is 18.2 Å². The van der Waals surface area contributed by atoms with E-state index in [4.69, 9.17) is 22.1 Å². The van der Waals surface area contributed by atoms with Gasteiger partial charge in [0.05, 0.1) is 0 Å². The number of nitrogens with two attached hydrogens (primary N) is 1. The molecule has 0 aromatic heterocycles. The molecule has 6 heteroatoms. The summed E-state index contributed by atoms with van der Waals surface area (Å²) in [5.74, 6) is 0.755. The number of rotatable bonds is 8. The molecule has 1 aliphatic heterocycles. The summed E-state index contributed by atoms with van der Waals surface area (Å²) in [5.41, 5.74) is 7.99. The first-order valence-corrected chi connectivity index (χ1v) is 11.5. The zero-order valence-corrected chi connectivity index (χ0v) is 18.7. The number of hydrogen-bond donors (Lipinski definition) is 1. The maximum absolute atomic E-state index is 11.7. The van der Waals surface area contributed by atoms with Crippen molar-refractivity contribution in [3.63, 3.8) is 0 Å². The minimum Gasteiger partial charge on any atom is -0.369 e. The summed E-state index contributed by atoms with van der Waals surface area (Å²) in [7, 11) is 0. The molecule has 2 aliphatic rings. The van der Waals surface area contributed by atoms with Crippen LogP contribution in [0.5, 0.6) is 0 Å². The van der Waals surface area contributed by atoms with Gasteiger partial charge in [-0.1, -0.05) is 30.5 Å². The van der Waals surface area contributed by atoms with E-state index in [1.165, 1.54) is 37.1 Å². The molecule has 1 heterocycles. The van der Waals surface area contributed by atoms with Gasteiger partial charge < -0.3 is 15.4 Å². The summed E-state index contributed by atoms with van der Waals surface area (Å²) in [4.78, 5) is 16.7. The minimum absolute atomic E-state index is 0.299. The number of hydrogen-bond acceptors (Lipinski definition) is 4. The number of benzene rings is 1. The molecule has 0 bridgehead atoms. The van der Waals surface area contributed by atoms with Gasteiger partial charge in [-0.2, -0.15) is 0 Å². The van der Waals surface area contributed by atoms with Gasteiger partial charge in [-0.15, -0.1) is 0 Å². The van der Waals surface area contributed by atoms with E-state index in [-0.39, 0.29) is 5.91 Å². The van der Waals surface area contributed by atoms with Crippen LogP contribution in [0, 0.1) is 18.8 Å². The van der Waals surface area contributed by atoms with E-state index in [0.717, 1.165) is 50.0 Å². The van der Waals surface area contributed by atoms with Gasteiger partial charge in [-0.05, 0) is 69.2 Å². The Bertz CT molecular complexity index is 668. The van der Waals surface area contributed by atoms with Crippen molar-refractivity contribution in [1.29, 1.82) is 0 Å². The van der Waals surface area contributed by atoms with E-state index in [1.807, 2.05) is 19.1 Å². The second kappa shape index (κ2) is 10.6. The highest BCUT2D eigenvalue weighted by molar-refractivity contribution is 6.31. The minimum atomic E-state index is -0.399. The highest BCUT2D eigenvalue weighted by Crippen LogP contribution is 2.34. The molecule has 3 rings (SSSR count). The van der Waals surface area contributed by atoms with Crippen LogP contribution >= 0.6 is 11.6 Å². The van der Waals surface area contributed by atoms with Crippen molar-refractivity contribution in [2.75, 3.05) is 44.2 Å². The van der Waals surface area contributed by atoms with E-state index in [2.05, 4.69) is 22.8 Å². The molecule has 5 nitrogen and oxygen atoms in total. The van der Waals surface area contributed by atoms with Crippen LogP contribution < -0.4 is 10.6 Å². The third kappa shape index (κ3) is 5.87. The first-order valence-electron chi connectivity index (χ1n) is 11.1. The molecule has 1 aliphatic carbocycles. The third-order valence-electron chi connectivity index (χ3n) is 6.75. The Balaban J connectivity index is 1.39. The number of primary amides is 1. The fraction of sp³-hybridized carbons (Fsp3) is 0.696. The van der Waals surface area contributed by atoms with Gasteiger partial charge in [-0.3, -0.25) is 9.69 Å². The fourth-order valence-corrected chi connectivity index (χ4v) is 5.10. The monoisotopic (exact) mass is 421 g/mol. The maximum Gasteiger partial charge on any atom is 0.246 e. The van der Waals surface area contributed by atoms with Gasteiger partial charge in [0, 0.05) is 43.5 Å². The lowest BCUT2D eigenvalue weighted by molar-refractivity contribution is -0.134. The van der Waals surface area contributed by atoms with Gasteiger partial charge in [0.25, 0.3) is 0 Å². The standard InChI is InChI=1S/C23H36ClN3O2/c1-3-29-22(23(25)28)19-9-7-18(8-10-19)11-12-26-13-15-27(16-14-26)21-6-4-5-20(24)17(21)2/h4-6,18-19,22H,3,7-16H2,1-2H3,(H2,25,28). The molecule has 1 saturated heterocycles. The van der Waals surface area contributed by atoms with Crippen molar-refractivity contribution >= 4 is 23.2 Å². The van der Waals surface area contributed by atoms with E-state index in [9.17, 15) is 4.79 Å². The first-order chi connectivity index (χ1) is 14.0. The van der Waals surface area contributed by atoms with Crippen molar-refractivity contribution in [2.45, 2.75) is 52.1 Å². The van der Waals surface area contributed by atoms with E-state index in [0.29, 0.717) is 12.5 Å². The van der Waals surface area contributed by atoms with Crippen LogP contribution in [0.25, 0.3) is 0 Å². The summed E-state index contributed by atoms with van der Waals surface area (Å²) in [6, 6.07) is 6.18. The average molecular weight is 422 g/mol. The van der Waals surface area contributed by atoms with Gasteiger partial charge in [0.1, 0.15) is 6.10 Å². The number of carbonyl (C=O) groups is 1. The van der Waals surface area contributed by atoms with Crippen molar-refractivity contribution < 1.29 is 9.53 Å². The summed E-state index contributed by atoms with van der Waals surface area (Å²) in [5, 5.41) is 0.850. The molecular formula is C23H36ClN3O2. The molecule has 1 atom stereocenters.